The summed E-state index contributed by atoms with van der Waals surface area (Å²) in [5.74, 6) is -0.952. The van der Waals surface area contributed by atoms with Gasteiger partial charge in [-0.25, -0.2) is 0 Å². The Hall–Kier alpha value is -1.46. The second-order valence-electron chi connectivity index (χ2n) is 5.23. The van der Waals surface area contributed by atoms with Crippen molar-refractivity contribution < 1.29 is 15.3 Å². The molecule has 1 aliphatic rings. The van der Waals surface area contributed by atoms with Gasteiger partial charge < -0.3 is 25.1 Å². The number of benzene rings is 1. The van der Waals surface area contributed by atoms with Crippen molar-refractivity contribution in [2.75, 3.05) is 39.8 Å². The number of nitrogens with zero attached hydrogens (tertiary/aromatic N) is 2. The lowest BCUT2D eigenvalue weighted by atomic mass is 10.1. The third-order valence-corrected chi connectivity index (χ3v) is 3.67. The molecule has 0 aromatic heterocycles. The fourth-order valence-electron chi connectivity index (χ4n) is 2.38. The third-order valence-electron chi connectivity index (χ3n) is 3.67. The zero-order valence-electron chi connectivity index (χ0n) is 11.3. The van der Waals surface area contributed by atoms with E-state index in [4.69, 9.17) is 0 Å². The highest BCUT2D eigenvalue weighted by atomic mass is 16.3. The molecular weight excluding hydrogens is 244 g/mol. The van der Waals surface area contributed by atoms with Crippen LogP contribution in [-0.2, 0) is 6.42 Å². The van der Waals surface area contributed by atoms with Gasteiger partial charge in [-0.15, -0.1) is 0 Å². The van der Waals surface area contributed by atoms with E-state index in [1.807, 2.05) is 0 Å². The molecule has 0 aliphatic carbocycles. The lowest BCUT2D eigenvalue weighted by Crippen LogP contribution is -2.44. The number of aromatic hydroxyl groups is 3. The van der Waals surface area contributed by atoms with Crippen molar-refractivity contribution in [3.63, 3.8) is 0 Å². The van der Waals surface area contributed by atoms with Crippen LogP contribution in [0.2, 0.25) is 0 Å². The molecule has 0 saturated carbocycles. The van der Waals surface area contributed by atoms with E-state index >= 15 is 0 Å². The minimum atomic E-state index is -0.442. The molecule has 2 rings (SSSR count). The molecule has 5 heteroatoms. The molecule has 1 fully saturated rings. The summed E-state index contributed by atoms with van der Waals surface area (Å²) in [7, 11) is 2.14. The highest BCUT2D eigenvalue weighted by Crippen LogP contribution is 2.35. The largest absolute Gasteiger partial charge is 0.504 e. The summed E-state index contributed by atoms with van der Waals surface area (Å²) in [6, 6.07) is 3.03. The molecule has 106 valence electrons. The van der Waals surface area contributed by atoms with Gasteiger partial charge in [0.05, 0.1) is 0 Å². The Labute approximate surface area is 113 Å². The Bertz CT molecular complexity index is 406. The highest BCUT2D eigenvalue weighted by Gasteiger charge is 2.13. The summed E-state index contributed by atoms with van der Waals surface area (Å²) in [5, 5.41) is 28.1. The molecule has 0 unspecified atom stereocenters. The predicted octanol–water partition coefficient (Wildman–Crippen LogP) is 0.983. The Kier molecular flexibility index (Phi) is 4.50. The van der Waals surface area contributed by atoms with Crippen LogP contribution in [0.5, 0.6) is 17.2 Å². The first kappa shape index (κ1) is 14.0. The quantitative estimate of drug-likeness (QED) is 0.709. The molecule has 1 heterocycles. The van der Waals surface area contributed by atoms with Gasteiger partial charge in [0.15, 0.2) is 17.2 Å². The smallest absolute Gasteiger partial charge is 0.200 e. The number of piperazine rings is 1. The summed E-state index contributed by atoms with van der Waals surface area (Å²) in [4.78, 5) is 4.76. The van der Waals surface area contributed by atoms with E-state index in [1.165, 1.54) is 12.1 Å². The SMILES string of the molecule is CN1CCN(CCCc2cc(O)c(O)c(O)c2)CC1. The van der Waals surface area contributed by atoms with Crippen molar-refractivity contribution in [1.29, 1.82) is 0 Å². The number of hydrogen-bond donors (Lipinski definition) is 3. The Morgan fingerprint density at radius 2 is 1.58 bits per heavy atom. The van der Waals surface area contributed by atoms with Gasteiger partial charge >= 0.3 is 0 Å². The lowest BCUT2D eigenvalue weighted by molar-refractivity contribution is 0.153. The van der Waals surface area contributed by atoms with Crippen molar-refractivity contribution in [2.45, 2.75) is 12.8 Å². The van der Waals surface area contributed by atoms with Gasteiger partial charge in [-0.05, 0) is 44.1 Å². The van der Waals surface area contributed by atoms with E-state index in [-0.39, 0.29) is 11.5 Å². The van der Waals surface area contributed by atoms with Crippen molar-refractivity contribution in [2.24, 2.45) is 0 Å². The van der Waals surface area contributed by atoms with E-state index in [0.717, 1.165) is 51.1 Å². The van der Waals surface area contributed by atoms with Crippen LogP contribution in [0.4, 0.5) is 0 Å². The summed E-state index contributed by atoms with van der Waals surface area (Å²) >= 11 is 0. The van der Waals surface area contributed by atoms with Crippen molar-refractivity contribution in [3.05, 3.63) is 17.7 Å². The summed E-state index contributed by atoms with van der Waals surface area (Å²) in [5.41, 5.74) is 0.849. The van der Waals surface area contributed by atoms with E-state index in [0.29, 0.717) is 0 Å². The molecule has 19 heavy (non-hydrogen) atoms. The zero-order valence-corrected chi connectivity index (χ0v) is 11.3. The Morgan fingerprint density at radius 3 is 2.16 bits per heavy atom. The van der Waals surface area contributed by atoms with Gasteiger partial charge in [0, 0.05) is 26.2 Å². The summed E-state index contributed by atoms with van der Waals surface area (Å²) < 4.78 is 0. The van der Waals surface area contributed by atoms with E-state index in [1.54, 1.807) is 0 Å². The van der Waals surface area contributed by atoms with Crippen LogP contribution in [-0.4, -0.2) is 64.9 Å². The maximum absolute atomic E-state index is 9.43. The van der Waals surface area contributed by atoms with Crippen molar-refractivity contribution in [3.8, 4) is 17.2 Å². The zero-order chi connectivity index (χ0) is 13.8. The van der Waals surface area contributed by atoms with Crippen molar-refractivity contribution >= 4 is 0 Å². The topological polar surface area (TPSA) is 67.2 Å². The van der Waals surface area contributed by atoms with Crippen LogP contribution in [0.25, 0.3) is 0 Å². The normalized spacial score (nSPS) is 17.7. The first-order valence-electron chi connectivity index (χ1n) is 6.71. The first-order valence-corrected chi connectivity index (χ1v) is 6.71. The maximum atomic E-state index is 9.43. The Balaban J connectivity index is 1.79. The minimum absolute atomic E-state index is 0.255. The molecule has 1 aliphatic heterocycles. The summed E-state index contributed by atoms with van der Waals surface area (Å²) in [6.45, 7) is 5.45. The third kappa shape index (κ3) is 3.75. The van der Waals surface area contributed by atoms with Crippen LogP contribution in [0.15, 0.2) is 12.1 Å². The van der Waals surface area contributed by atoms with Crippen molar-refractivity contribution in [1.82, 2.24) is 9.80 Å². The predicted molar refractivity (Wildman–Crippen MR) is 73.7 cm³/mol. The number of hydrogen-bond acceptors (Lipinski definition) is 5. The van der Waals surface area contributed by atoms with Crippen LogP contribution in [0.1, 0.15) is 12.0 Å². The number of likely N-dealkylation sites (N-methyl/N-ethyl adjacent to an activating group) is 1. The number of phenolic OH excluding ortho intramolecular Hbond substituents is 3. The molecule has 0 amide bonds. The van der Waals surface area contributed by atoms with Gasteiger partial charge in [-0.3, -0.25) is 0 Å². The number of rotatable bonds is 4. The molecule has 0 atom stereocenters. The molecule has 1 aromatic rings. The van der Waals surface area contributed by atoms with Gasteiger partial charge in [-0.1, -0.05) is 0 Å². The average Bonchev–Trinajstić information content (AvgIpc) is 2.38. The van der Waals surface area contributed by atoms with E-state index in [9.17, 15) is 15.3 Å². The second kappa shape index (κ2) is 6.12. The molecule has 0 spiro atoms. The van der Waals surface area contributed by atoms with E-state index < -0.39 is 5.75 Å². The van der Waals surface area contributed by atoms with Crippen LogP contribution in [0.3, 0.4) is 0 Å². The maximum Gasteiger partial charge on any atom is 0.200 e. The second-order valence-corrected chi connectivity index (χ2v) is 5.23. The molecule has 1 aromatic carbocycles. The van der Waals surface area contributed by atoms with Crippen LogP contribution < -0.4 is 0 Å². The molecule has 3 N–H and O–H groups in total. The number of aryl methyl sites for hydroxylation is 1. The van der Waals surface area contributed by atoms with Gasteiger partial charge in [-0.2, -0.15) is 0 Å². The molecule has 1 saturated heterocycles. The monoisotopic (exact) mass is 266 g/mol. The molecule has 0 bridgehead atoms. The first-order chi connectivity index (χ1) is 9.06. The standard InChI is InChI=1S/C14H22N2O3/c1-15-5-7-16(8-6-15)4-2-3-11-9-12(17)14(19)13(18)10-11/h9-10,17-19H,2-8H2,1H3. The molecular formula is C14H22N2O3. The van der Waals surface area contributed by atoms with Gasteiger partial charge in [0.1, 0.15) is 0 Å². The summed E-state index contributed by atoms with van der Waals surface area (Å²) in [6.07, 6.45) is 1.76. The van der Waals surface area contributed by atoms with E-state index in [2.05, 4.69) is 16.8 Å². The molecule has 5 nitrogen and oxygen atoms in total. The Morgan fingerprint density at radius 1 is 1.00 bits per heavy atom. The number of phenols is 3. The van der Waals surface area contributed by atoms with Gasteiger partial charge in [0.2, 0.25) is 0 Å². The van der Waals surface area contributed by atoms with Crippen LogP contribution >= 0.6 is 0 Å². The fraction of sp³-hybridized carbons (Fsp3) is 0.571. The highest BCUT2D eigenvalue weighted by molar-refractivity contribution is 5.51. The van der Waals surface area contributed by atoms with Gasteiger partial charge in [0.25, 0.3) is 0 Å². The fourth-order valence-corrected chi connectivity index (χ4v) is 2.38. The lowest BCUT2D eigenvalue weighted by Gasteiger charge is -2.32. The molecule has 0 radical (unpaired) electrons. The minimum Gasteiger partial charge on any atom is -0.504 e. The average molecular weight is 266 g/mol. The van der Waals surface area contributed by atoms with Crippen LogP contribution in [0, 0.1) is 0 Å².